The van der Waals surface area contributed by atoms with Gasteiger partial charge in [-0.2, -0.15) is 0 Å². The van der Waals surface area contributed by atoms with E-state index in [1.54, 1.807) is 18.4 Å². The lowest BCUT2D eigenvalue weighted by molar-refractivity contribution is 0.151. The Labute approximate surface area is 158 Å². The first kappa shape index (κ1) is 17.2. The van der Waals surface area contributed by atoms with E-state index >= 15 is 0 Å². The van der Waals surface area contributed by atoms with E-state index in [9.17, 15) is 0 Å². The Balaban J connectivity index is 1.55. The van der Waals surface area contributed by atoms with Gasteiger partial charge in [0.05, 0.1) is 25.4 Å². The monoisotopic (exact) mass is 365 g/mol. The highest BCUT2D eigenvalue weighted by Gasteiger charge is 2.26. The van der Waals surface area contributed by atoms with E-state index in [1.807, 2.05) is 18.2 Å². The summed E-state index contributed by atoms with van der Waals surface area (Å²) in [5.41, 5.74) is 3.48. The minimum Gasteiger partial charge on any atom is -0.496 e. The average molecular weight is 366 g/mol. The third kappa shape index (κ3) is 3.65. The largest absolute Gasteiger partial charge is 0.496 e. The van der Waals surface area contributed by atoms with Crippen molar-refractivity contribution >= 4 is 11.3 Å². The highest BCUT2D eigenvalue weighted by Crippen LogP contribution is 2.32. The number of nitrogens with one attached hydrogen (secondary N) is 1. The molecule has 1 atom stereocenters. The van der Waals surface area contributed by atoms with Crippen molar-refractivity contribution in [2.24, 2.45) is 0 Å². The van der Waals surface area contributed by atoms with Crippen LogP contribution in [0.5, 0.6) is 5.75 Å². The van der Waals surface area contributed by atoms with Crippen LogP contribution in [0.25, 0.3) is 11.3 Å². The molecule has 2 aromatic carbocycles. The molecule has 1 aliphatic rings. The third-order valence-corrected chi connectivity index (χ3v) is 5.65. The van der Waals surface area contributed by atoms with Crippen LogP contribution in [0.3, 0.4) is 0 Å². The average Bonchev–Trinajstić information content (AvgIpc) is 3.18. The predicted octanol–water partition coefficient (Wildman–Crippen LogP) is 3.97. The van der Waals surface area contributed by atoms with Crippen molar-refractivity contribution in [2.45, 2.75) is 12.6 Å². The zero-order chi connectivity index (χ0) is 17.8. The van der Waals surface area contributed by atoms with Gasteiger partial charge < -0.3 is 10.1 Å². The van der Waals surface area contributed by atoms with Gasteiger partial charge in [-0.05, 0) is 6.07 Å². The van der Waals surface area contributed by atoms with Crippen molar-refractivity contribution in [1.82, 2.24) is 15.2 Å². The summed E-state index contributed by atoms with van der Waals surface area (Å²) in [4.78, 5) is 7.37. The van der Waals surface area contributed by atoms with Crippen LogP contribution >= 0.6 is 11.3 Å². The molecule has 4 rings (SSSR count). The van der Waals surface area contributed by atoms with Gasteiger partial charge in [0.15, 0.2) is 0 Å². The van der Waals surface area contributed by atoms with Gasteiger partial charge in [0, 0.05) is 36.1 Å². The van der Waals surface area contributed by atoms with Gasteiger partial charge >= 0.3 is 0 Å². The molecule has 1 N–H and O–H groups in total. The zero-order valence-corrected chi connectivity index (χ0v) is 15.7. The summed E-state index contributed by atoms with van der Waals surface area (Å²) in [6.45, 7) is 3.80. The van der Waals surface area contributed by atoms with E-state index in [4.69, 9.17) is 9.72 Å². The molecule has 5 heteroatoms. The number of piperazine rings is 1. The molecular weight excluding hydrogens is 342 g/mol. The molecule has 1 aliphatic heterocycles. The number of benzene rings is 2. The number of thiazole rings is 1. The summed E-state index contributed by atoms with van der Waals surface area (Å²) in [7, 11) is 1.74. The van der Waals surface area contributed by atoms with Crippen LogP contribution < -0.4 is 10.1 Å². The second kappa shape index (κ2) is 7.99. The minimum atomic E-state index is 0.295. The van der Waals surface area contributed by atoms with E-state index in [-0.39, 0.29) is 0 Å². The summed E-state index contributed by atoms with van der Waals surface area (Å²) < 4.78 is 5.59. The van der Waals surface area contributed by atoms with Gasteiger partial charge in [0.1, 0.15) is 10.8 Å². The number of nitrogens with zero attached hydrogens (tertiary/aromatic N) is 2. The highest BCUT2D eigenvalue weighted by molar-refractivity contribution is 7.09. The second-order valence-corrected chi connectivity index (χ2v) is 7.37. The van der Waals surface area contributed by atoms with Gasteiger partial charge in [0.2, 0.25) is 0 Å². The van der Waals surface area contributed by atoms with E-state index in [2.05, 4.69) is 52.0 Å². The fraction of sp³-hybridized carbons (Fsp3) is 0.286. The molecule has 1 aromatic heterocycles. The molecule has 134 valence electrons. The smallest absolute Gasteiger partial charge is 0.123 e. The number of para-hydroxylation sites is 1. The Morgan fingerprint density at radius 3 is 2.81 bits per heavy atom. The van der Waals surface area contributed by atoms with Crippen LogP contribution in [0.15, 0.2) is 60.0 Å². The second-order valence-electron chi connectivity index (χ2n) is 6.42. The summed E-state index contributed by atoms with van der Waals surface area (Å²) in [5, 5.41) is 6.83. The van der Waals surface area contributed by atoms with Gasteiger partial charge in [-0.1, -0.05) is 48.5 Å². The molecule has 26 heavy (non-hydrogen) atoms. The predicted molar refractivity (Wildman–Crippen MR) is 107 cm³/mol. The maximum Gasteiger partial charge on any atom is 0.123 e. The van der Waals surface area contributed by atoms with Crippen LogP contribution in [-0.2, 0) is 6.54 Å². The van der Waals surface area contributed by atoms with Crippen LogP contribution in [0.1, 0.15) is 16.6 Å². The maximum atomic E-state index is 5.59. The van der Waals surface area contributed by atoms with Crippen LogP contribution in [0.2, 0.25) is 0 Å². The Morgan fingerprint density at radius 2 is 1.96 bits per heavy atom. The van der Waals surface area contributed by atoms with Gasteiger partial charge in [-0.15, -0.1) is 11.3 Å². The molecule has 3 aromatic rings. The third-order valence-electron chi connectivity index (χ3n) is 4.81. The molecule has 0 spiro atoms. The van der Waals surface area contributed by atoms with E-state index < -0.39 is 0 Å². The van der Waals surface area contributed by atoms with E-state index in [1.165, 1.54) is 11.1 Å². The summed E-state index contributed by atoms with van der Waals surface area (Å²) in [6.07, 6.45) is 0. The normalized spacial score (nSPS) is 18.0. The van der Waals surface area contributed by atoms with Gasteiger partial charge in [0.25, 0.3) is 0 Å². The fourth-order valence-electron chi connectivity index (χ4n) is 3.48. The minimum absolute atomic E-state index is 0.295. The first-order valence-corrected chi connectivity index (χ1v) is 9.80. The molecule has 0 aliphatic carbocycles. The van der Waals surface area contributed by atoms with Crippen molar-refractivity contribution in [2.75, 3.05) is 26.7 Å². The highest BCUT2D eigenvalue weighted by atomic mass is 32.1. The zero-order valence-electron chi connectivity index (χ0n) is 14.9. The first-order valence-electron chi connectivity index (χ1n) is 8.92. The Hall–Kier alpha value is -2.21. The van der Waals surface area contributed by atoms with Crippen LogP contribution in [-0.4, -0.2) is 36.6 Å². The van der Waals surface area contributed by atoms with E-state index in [0.717, 1.165) is 42.6 Å². The first-order chi connectivity index (χ1) is 12.8. The standard InChI is InChI=1S/C21H23N3OS/c1-25-20-10-6-5-9-17(20)19-13-22-11-12-24(19)14-21-23-18(15-26-21)16-7-3-2-4-8-16/h2-10,15,19,22H,11-14H2,1H3. The Kier molecular flexibility index (Phi) is 5.29. The summed E-state index contributed by atoms with van der Waals surface area (Å²) in [6, 6.07) is 19.0. The number of ether oxygens (including phenoxy) is 1. The topological polar surface area (TPSA) is 37.4 Å². The van der Waals surface area contributed by atoms with Crippen LogP contribution in [0, 0.1) is 0 Å². The summed E-state index contributed by atoms with van der Waals surface area (Å²) >= 11 is 1.74. The fourth-order valence-corrected chi connectivity index (χ4v) is 4.31. The van der Waals surface area contributed by atoms with Crippen molar-refractivity contribution < 1.29 is 4.74 Å². The molecule has 1 saturated heterocycles. The molecule has 4 nitrogen and oxygen atoms in total. The molecule has 0 amide bonds. The number of hydrogen-bond acceptors (Lipinski definition) is 5. The number of hydrogen-bond donors (Lipinski definition) is 1. The van der Waals surface area contributed by atoms with Crippen molar-refractivity contribution in [3.8, 4) is 17.0 Å². The molecule has 0 radical (unpaired) electrons. The Bertz CT molecular complexity index is 849. The molecule has 1 fully saturated rings. The molecule has 0 bridgehead atoms. The van der Waals surface area contributed by atoms with E-state index in [0.29, 0.717) is 6.04 Å². The lowest BCUT2D eigenvalue weighted by Crippen LogP contribution is -2.45. The number of methoxy groups -OCH3 is 1. The molecular formula is C21H23N3OS. The van der Waals surface area contributed by atoms with Crippen LogP contribution in [0.4, 0.5) is 0 Å². The molecule has 1 unspecified atom stereocenters. The van der Waals surface area contributed by atoms with Crippen molar-refractivity contribution in [3.63, 3.8) is 0 Å². The lowest BCUT2D eigenvalue weighted by atomic mass is 10.0. The molecule has 2 heterocycles. The van der Waals surface area contributed by atoms with Gasteiger partial charge in [-0.25, -0.2) is 4.98 Å². The lowest BCUT2D eigenvalue weighted by Gasteiger charge is -2.36. The SMILES string of the molecule is COc1ccccc1C1CNCCN1Cc1nc(-c2ccccc2)cs1. The number of rotatable bonds is 5. The maximum absolute atomic E-state index is 5.59. The Morgan fingerprint density at radius 1 is 1.15 bits per heavy atom. The van der Waals surface area contributed by atoms with Crippen molar-refractivity contribution in [3.05, 3.63) is 70.5 Å². The van der Waals surface area contributed by atoms with Crippen molar-refractivity contribution in [1.29, 1.82) is 0 Å². The molecule has 0 saturated carbocycles. The van der Waals surface area contributed by atoms with Gasteiger partial charge in [-0.3, -0.25) is 4.90 Å². The quantitative estimate of drug-likeness (QED) is 0.742. The summed E-state index contributed by atoms with van der Waals surface area (Å²) in [5.74, 6) is 0.954. The number of aromatic nitrogens is 1.